The molecule has 0 aliphatic carbocycles. The summed E-state index contributed by atoms with van der Waals surface area (Å²) < 4.78 is 2.11. The minimum atomic E-state index is 0.538. The average Bonchev–Trinajstić information content (AvgIpc) is 2.47. The zero-order chi connectivity index (χ0) is 8.10. The molecule has 1 rings (SSSR count). The van der Waals surface area contributed by atoms with Gasteiger partial charge in [-0.15, -0.1) is 0 Å². The van der Waals surface area contributed by atoms with Gasteiger partial charge in [0.1, 0.15) is 5.82 Å². The highest BCUT2D eigenvalue weighted by molar-refractivity contribution is 4.90. The van der Waals surface area contributed by atoms with Crippen molar-refractivity contribution in [1.29, 1.82) is 0 Å². The molecule has 0 radical (unpaired) electrons. The molecule has 1 heterocycles. The number of aromatic nitrogens is 2. The normalized spacial score (nSPS) is 10.4. The minimum Gasteiger partial charge on any atom is -0.334 e. The average molecular weight is 153 g/mol. The van der Waals surface area contributed by atoms with Gasteiger partial charge < -0.3 is 10.3 Å². The highest BCUT2D eigenvalue weighted by Gasteiger charge is 1.97. The number of hydrogen-bond donors (Lipinski definition) is 1. The maximum atomic E-state index is 5.48. The fraction of sp³-hybridized carbons (Fsp3) is 0.625. The smallest absolute Gasteiger partial charge is 0.122 e. The molecule has 0 unspecified atom stereocenters. The van der Waals surface area contributed by atoms with Crippen LogP contribution in [0.25, 0.3) is 0 Å². The molecular weight excluding hydrogens is 138 g/mol. The Bertz CT molecular complexity index is 205. The van der Waals surface area contributed by atoms with Crippen LogP contribution in [0.2, 0.25) is 0 Å². The van der Waals surface area contributed by atoms with Gasteiger partial charge in [0.25, 0.3) is 0 Å². The van der Waals surface area contributed by atoms with Crippen molar-refractivity contribution in [2.75, 3.05) is 0 Å². The molecule has 0 spiro atoms. The molecule has 0 atom stereocenters. The molecule has 0 amide bonds. The lowest BCUT2D eigenvalue weighted by atomic mass is 10.3. The lowest BCUT2D eigenvalue weighted by molar-refractivity contribution is 0.603. The van der Waals surface area contributed by atoms with E-state index in [4.69, 9.17) is 5.73 Å². The largest absolute Gasteiger partial charge is 0.334 e. The molecule has 2 N–H and O–H groups in total. The molecule has 0 aliphatic heterocycles. The first-order valence-corrected chi connectivity index (χ1v) is 4.08. The summed E-state index contributed by atoms with van der Waals surface area (Å²) in [4.78, 5) is 4.13. The Kier molecular flexibility index (Phi) is 3.11. The van der Waals surface area contributed by atoms with Gasteiger partial charge >= 0.3 is 0 Å². The summed E-state index contributed by atoms with van der Waals surface area (Å²) in [6.07, 6.45) is 6.20. The number of unbranched alkanes of at least 4 members (excludes halogenated alkanes) is 1. The highest BCUT2D eigenvalue weighted by atomic mass is 15.1. The zero-order valence-corrected chi connectivity index (χ0v) is 6.95. The van der Waals surface area contributed by atoms with Gasteiger partial charge in [-0.1, -0.05) is 13.3 Å². The van der Waals surface area contributed by atoms with Crippen LogP contribution in [-0.4, -0.2) is 9.55 Å². The van der Waals surface area contributed by atoms with Gasteiger partial charge in [-0.05, 0) is 6.42 Å². The van der Waals surface area contributed by atoms with Crippen molar-refractivity contribution >= 4 is 0 Å². The summed E-state index contributed by atoms with van der Waals surface area (Å²) in [5.41, 5.74) is 5.48. The van der Waals surface area contributed by atoms with Gasteiger partial charge in [0.15, 0.2) is 0 Å². The van der Waals surface area contributed by atoms with Crippen LogP contribution in [0.4, 0.5) is 0 Å². The Hall–Kier alpha value is -0.830. The van der Waals surface area contributed by atoms with Crippen LogP contribution in [0.3, 0.4) is 0 Å². The predicted octanol–water partition coefficient (Wildman–Crippen LogP) is 1.14. The lowest BCUT2D eigenvalue weighted by Crippen LogP contribution is -2.07. The van der Waals surface area contributed by atoms with Crippen LogP contribution < -0.4 is 5.73 Å². The molecule has 1 aromatic rings. The summed E-state index contributed by atoms with van der Waals surface area (Å²) in [5, 5.41) is 0. The molecule has 0 fully saturated rings. The van der Waals surface area contributed by atoms with E-state index in [9.17, 15) is 0 Å². The Morgan fingerprint density at radius 3 is 3.09 bits per heavy atom. The Labute approximate surface area is 67.2 Å². The second-order valence-electron chi connectivity index (χ2n) is 2.59. The fourth-order valence-corrected chi connectivity index (χ4v) is 1.06. The Morgan fingerprint density at radius 2 is 2.45 bits per heavy atom. The van der Waals surface area contributed by atoms with E-state index in [1.165, 1.54) is 12.8 Å². The molecule has 3 nitrogen and oxygen atoms in total. The van der Waals surface area contributed by atoms with Gasteiger partial charge in [-0.2, -0.15) is 0 Å². The zero-order valence-electron chi connectivity index (χ0n) is 6.95. The third kappa shape index (κ3) is 2.05. The summed E-state index contributed by atoms with van der Waals surface area (Å²) in [5.74, 6) is 0.985. The molecule has 1 aromatic heterocycles. The number of rotatable bonds is 4. The molecular formula is C8H15N3. The molecule has 0 saturated carbocycles. The summed E-state index contributed by atoms with van der Waals surface area (Å²) in [6, 6.07) is 0. The maximum Gasteiger partial charge on any atom is 0.122 e. The molecule has 0 aromatic carbocycles. The first kappa shape index (κ1) is 8.27. The van der Waals surface area contributed by atoms with Gasteiger partial charge in [-0.25, -0.2) is 4.98 Å². The molecule has 0 bridgehead atoms. The predicted molar refractivity (Wildman–Crippen MR) is 45.0 cm³/mol. The molecule has 11 heavy (non-hydrogen) atoms. The highest BCUT2D eigenvalue weighted by Crippen LogP contribution is 1.99. The first-order valence-electron chi connectivity index (χ1n) is 4.08. The maximum absolute atomic E-state index is 5.48. The topological polar surface area (TPSA) is 43.8 Å². The number of aryl methyl sites for hydroxylation is 1. The van der Waals surface area contributed by atoms with Crippen LogP contribution >= 0.6 is 0 Å². The number of nitrogens with zero attached hydrogens (tertiary/aromatic N) is 2. The SMILES string of the molecule is CCCCn1ccnc1CN. The molecule has 0 aliphatic rings. The minimum absolute atomic E-state index is 0.538. The van der Waals surface area contributed by atoms with Crippen molar-refractivity contribution in [3.63, 3.8) is 0 Å². The molecule has 62 valence electrons. The molecule has 3 heteroatoms. The number of nitrogens with two attached hydrogens (primary N) is 1. The monoisotopic (exact) mass is 153 g/mol. The van der Waals surface area contributed by atoms with E-state index in [2.05, 4.69) is 16.5 Å². The van der Waals surface area contributed by atoms with E-state index < -0.39 is 0 Å². The van der Waals surface area contributed by atoms with E-state index in [-0.39, 0.29) is 0 Å². The fourth-order valence-electron chi connectivity index (χ4n) is 1.06. The summed E-state index contributed by atoms with van der Waals surface area (Å²) in [7, 11) is 0. The lowest BCUT2D eigenvalue weighted by Gasteiger charge is -2.03. The van der Waals surface area contributed by atoms with Crippen molar-refractivity contribution in [2.45, 2.75) is 32.9 Å². The number of hydrogen-bond acceptors (Lipinski definition) is 2. The van der Waals surface area contributed by atoms with Crippen LogP contribution in [0.5, 0.6) is 0 Å². The van der Waals surface area contributed by atoms with Crippen LogP contribution in [-0.2, 0) is 13.1 Å². The second kappa shape index (κ2) is 4.13. The van der Waals surface area contributed by atoms with Gasteiger partial charge in [-0.3, -0.25) is 0 Å². The van der Waals surface area contributed by atoms with Crippen molar-refractivity contribution in [2.24, 2.45) is 5.73 Å². The van der Waals surface area contributed by atoms with E-state index in [1.807, 2.05) is 6.20 Å². The van der Waals surface area contributed by atoms with E-state index in [0.717, 1.165) is 12.4 Å². The van der Waals surface area contributed by atoms with Crippen molar-refractivity contribution in [1.82, 2.24) is 9.55 Å². The second-order valence-corrected chi connectivity index (χ2v) is 2.59. The Balaban J connectivity index is 2.54. The first-order chi connectivity index (χ1) is 5.38. The van der Waals surface area contributed by atoms with Crippen molar-refractivity contribution < 1.29 is 0 Å². The number of imidazole rings is 1. The van der Waals surface area contributed by atoms with Gasteiger partial charge in [0.05, 0.1) is 6.54 Å². The summed E-state index contributed by atoms with van der Waals surface area (Å²) in [6.45, 7) is 3.76. The van der Waals surface area contributed by atoms with Gasteiger partial charge in [0.2, 0.25) is 0 Å². The summed E-state index contributed by atoms with van der Waals surface area (Å²) >= 11 is 0. The standard InChI is InChI=1S/C8H15N3/c1-2-3-5-11-6-4-10-8(11)7-9/h4,6H,2-3,5,7,9H2,1H3. The van der Waals surface area contributed by atoms with Gasteiger partial charge in [0, 0.05) is 18.9 Å². The third-order valence-corrected chi connectivity index (χ3v) is 1.74. The Morgan fingerprint density at radius 1 is 1.64 bits per heavy atom. The van der Waals surface area contributed by atoms with Crippen LogP contribution in [0.1, 0.15) is 25.6 Å². The van der Waals surface area contributed by atoms with Crippen LogP contribution in [0, 0.1) is 0 Å². The third-order valence-electron chi connectivity index (χ3n) is 1.74. The molecule has 0 saturated heterocycles. The van der Waals surface area contributed by atoms with E-state index in [0.29, 0.717) is 6.54 Å². The van der Waals surface area contributed by atoms with Crippen molar-refractivity contribution in [3.05, 3.63) is 18.2 Å². The van der Waals surface area contributed by atoms with E-state index in [1.54, 1.807) is 6.20 Å². The van der Waals surface area contributed by atoms with E-state index >= 15 is 0 Å². The van der Waals surface area contributed by atoms with Crippen molar-refractivity contribution in [3.8, 4) is 0 Å². The quantitative estimate of drug-likeness (QED) is 0.705. The van der Waals surface area contributed by atoms with Crippen LogP contribution in [0.15, 0.2) is 12.4 Å².